The summed E-state index contributed by atoms with van der Waals surface area (Å²) in [6.07, 6.45) is 2.06. The molecule has 2 N–H and O–H groups in total. The van der Waals surface area contributed by atoms with Gasteiger partial charge in [-0.2, -0.15) is 10.1 Å². The number of amides is 1. The smallest absolute Gasteiger partial charge is 0.267 e. The van der Waals surface area contributed by atoms with E-state index in [0.717, 1.165) is 18.2 Å². The summed E-state index contributed by atoms with van der Waals surface area (Å²) in [4.78, 5) is 35.8. The van der Waals surface area contributed by atoms with E-state index in [-0.39, 0.29) is 51.5 Å². The third-order valence-corrected chi connectivity index (χ3v) is 8.22. The number of carbonyl (C=O) groups excluding carboxylic acids is 1. The summed E-state index contributed by atoms with van der Waals surface area (Å²) >= 11 is 7.93. The monoisotopic (exact) mass is 679 g/mol. The number of aryl methyl sites for hydroxylation is 1. The minimum Gasteiger partial charge on any atom is -0.480 e. The molecule has 1 amide bonds. The van der Waals surface area contributed by atoms with Crippen molar-refractivity contribution in [3.05, 3.63) is 105 Å². The summed E-state index contributed by atoms with van der Waals surface area (Å²) in [5, 5.41) is 8.04. The largest absolute Gasteiger partial charge is 0.480 e. The van der Waals surface area contributed by atoms with Gasteiger partial charge in [0.05, 0.1) is 40.2 Å². The SMILES string of the molecule is COc1nc2nc(C(Cc3cc(F)cc(F)c3)NC=O)n(-c3ccc(Cl)c4c(NSC)nn(C)c34)c(=O)c2cc1-c1ccccc1F. The quantitative estimate of drug-likeness (QED) is 0.131. The number of carbonyl (C=O) groups is 1. The maximum Gasteiger partial charge on any atom is 0.267 e. The minimum atomic E-state index is -1.09. The lowest BCUT2D eigenvalue weighted by Gasteiger charge is -2.22. The van der Waals surface area contributed by atoms with Gasteiger partial charge in [-0.1, -0.05) is 41.7 Å². The Morgan fingerprint density at radius 3 is 2.47 bits per heavy atom. The summed E-state index contributed by atoms with van der Waals surface area (Å²) in [6, 6.07) is 12.5. The van der Waals surface area contributed by atoms with Gasteiger partial charge in [0.2, 0.25) is 12.3 Å². The second-order valence-electron chi connectivity index (χ2n) is 10.4. The van der Waals surface area contributed by atoms with Crippen LogP contribution in [0, 0.1) is 17.5 Å². The molecule has 10 nitrogen and oxygen atoms in total. The topological polar surface area (TPSA) is 116 Å². The van der Waals surface area contributed by atoms with Crippen LogP contribution in [0.25, 0.3) is 38.8 Å². The molecule has 3 aromatic heterocycles. The second kappa shape index (κ2) is 13.0. The Morgan fingerprint density at radius 2 is 1.79 bits per heavy atom. The first-order valence-corrected chi connectivity index (χ1v) is 15.6. The van der Waals surface area contributed by atoms with Crippen LogP contribution in [0.4, 0.5) is 19.0 Å². The number of aromatic nitrogens is 5. The van der Waals surface area contributed by atoms with Gasteiger partial charge >= 0.3 is 0 Å². The Bertz CT molecular complexity index is 2220. The number of benzene rings is 3. The zero-order valence-electron chi connectivity index (χ0n) is 25.0. The zero-order chi connectivity index (χ0) is 33.4. The molecule has 0 spiro atoms. The average molecular weight is 680 g/mol. The highest BCUT2D eigenvalue weighted by atomic mass is 35.5. The van der Waals surface area contributed by atoms with Gasteiger partial charge in [-0.05, 0) is 42.0 Å². The van der Waals surface area contributed by atoms with Crippen molar-refractivity contribution in [2.45, 2.75) is 12.5 Å². The Hall–Kier alpha value is -5.08. The van der Waals surface area contributed by atoms with Crippen LogP contribution in [0.1, 0.15) is 17.4 Å². The van der Waals surface area contributed by atoms with Crippen molar-refractivity contribution >= 4 is 57.7 Å². The number of methoxy groups -OCH3 is 1. The second-order valence-corrected chi connectivity index (χ2v) is 11.4. The summed E-state index contributed by atoms with van der Waals surface area (Å²) in [5.41, 5.74) is 0.575. The summed E-state index contributed by atoms with van der Waals surface area (Å²) in [6.45, 7) is 0. The van der Waals surface area contributed by atoms with Crippen LogP contribution < -0.4 is 20.3 Å². The molecule has 240 valence electrons. The number of pyridine rings is 1. The highest BCUT2D eigenvalue weighted by molar-refractivity contribution is 7.99. The van der Waals surface area contributed by atoms with Gasteiger partial charge < -0.3 is 14.8 Å². The van der Waals surface area contributed by atoms with E-state index >= 15 is 0 Å². The number of fused-ring (bicyclic) bond motifs is 2. The van der Waals surface area contributed by atoms with Crippen molar-refractivity contribution in [1.82, 2.24) is 29.6 Å². The van der Waals surface area contributed by atoms with Crippen LogP contribution in [-0.2, 0) is 18.3 Å². The molecular formula is C32H25ClF3N7O3S. The van der Waals surface area contributed by atoms with E-state index in [4.69, 9.17) is 21.3 Å². The number of rotatable bonds is 10. The number of anilines is 1. The maximum absolute atomic E-state index is 15.0. The van der Waals surface area contributed by atoms with Crippen molar-refractivity contribution < 1.29 is 22.7 Å². The van der Waals surface area contributed by atoms with Crippen LogP contribution in [0.2, 0.25) is 5.02 Å². The lowest BCUT2D eigenvalue weighted by atomic mass is 10.0. The molecule has 0 fully saturated rings. The van der Waals surface area contributed by atoms with Gasteiger partial charge in [0.1, 0.15) is 23.3 Å². The molecule has 1 unspecified atom stereocenters. The molecule has 0 radical (unpaired) electrons. The molecular weight excluding hydrogens is 655 g/mol. The molecule has 0 saturated heterocycles. The van der Waals surface area contributed by atoms with Crippen molar-refractivity contribution in [3.8, 4) is 22.7 Å². The van der Waals surface area contributed by atoms with E-state index in [1.807, 2.05) is 6.26 Å². The molecule has 0 saturated carbocycles. The lowest BCUT2D eigenvalue weighted by Crippen LogP contribution is -2.32. The van der Waals surface area contributed by atoms with E-state index in [1.54, 1.807) is 25.2 Å². The zero-order valence-corrected chi connectivity index (χ0v) is 26.6. The first-order chi connectivity index (χ1) is 22.6. The standard InChI is InChI=1S/C32H25ClF3N7O3S/c1-42-27-25(9-8-22(33)26(27)29(40-42)41-47-3)43-30(24(37-15-44)12-16-10-17(34)13-18(35)11-16)38-28-21(32(43)45)14-20(31(39-28)46-2)19-6-4-5-7-23(19)36/h4-11,13-15,24H,12H2,1-3H3,(H,37,44)(H,40,41). The predicted molar refractivity (Wildman–Crippen MR) is 176 cm³/mol. The minimum absolute atomic E-state index is 0.00130. The van der Waals surface area contributed by atoms with Gasteiger partial charge in [0, 0.05) is 36.9 Å². The molecule has 3 heterocycles. The molecule has 0 aliphatic carbocycles. The summed E-state index contributed by atoms with van der Waals surface area (Å²) < 4.78 is 54.8. The molecule has 6 rings (SSSR count). The van der Waals surface area contributed by atoms with E-state index in [0.29, 0.717) is 28.2 Å². The van der Waals surface area contributed by atoms with Gasteiger partial charge in [-0.25, -0.2) is 18.2 Å². The lowest BCUT2D eigenvalue weighted by molar-refractivity contribution is -0.110. The first kappa shape index (κ1) is 31.9. The van der Waals surface area contributed by atoms with Gasteiger partial charge in [-0.15, -0.1) is 0 Å². The Morgan fingerprint density at radius 1 is 1.04 bits per heavy atom. The summed E-state index contributed by atoms with van der Waals surface area (Å²) in [5.74, 6) is -1.77. The van der Waals surface area contributed by atoms with E-state index in [1.165, 1.54) is 52.6 Å². The van der Waals surface area contributed by atoms with Gasteiger partial charge in [0.15, 0.2) is 11.5 Å². The van der Waals surface area contributed by atoms with Gasteiger partial charge in [-0.3, -0.25) is 18.8 Å². The van der Waals surface area contributed by atoms with Crippen LogP contribution in [0.15, 0.2) is 65.5 Å². The van der Waals surface area contributed by atoms with Crippen molar-refractivity contribution in [1.29, 1.82) is 0 Å². The Balaban J connectivity index is 1.71. The average Bonchev–Trinajstić information content (AvgIpc) is 3.37. The molecule has 47 heavy (non-hydrogen) atoms. The van der Waals surface area contributed by atoms with Crippen molar-refractivity contribution in [2.75, 3.05) is 18.1 Å². The fraction of sp³-hybridized carbons (Fsp3) is 0.156. The van der Waals surface area contributed by atoms with Crippen molar-refractivity contribution in [2.24, 2.45) is 7.05 Å². The van der Waals surface area contributed by atoms with Crippen LogP contribution in [-0.4, -0.2) is 44.1 Å². The van der Waals surface area contributed by atoms with Crippen molar-refractivity contribution in [3.63, 3.8) is 0 Å². The van der Waals surface area contributed by atoms with E-state index in [2.05, 4.69) is 20.1 Å². The number of nitrogens with one attached hydrogen (secondary N) is 2. The van der Waals surface area contributed by atoms with E-state index in [9.17, 15) is 22.8 Å². The first-order valence-electron chi connectivity index (χ1n) is 14.0. The maximum atomic E-state index is 15.0. The number of nitrogens with zero attached hydrogens (tertiary/aromatic N) is 5. The van der Waals surface area contributed by atoms with Crippen LogP contribution in [0.3, 0.4) is 0 Å². The number of hydrogen-bond donors (Lipinski definition) is 2. The van der Waals surface area contributed by atoms with Crippen LogP contribution >= 0.6 is 23.5 Å². The Labute approximate surface area is 274 Å². The normalized spacial score (nSPS) is 12.0. The number of hydrogen-bond acceptors (Lipinski definition) is 8. The van der Waals surface area contributed by atoms with Gasteiger partial charge in [0.25, 0.3) is 5.56 Å². The van der Waals surface area contributed by atoms with Crippen LogP contribution in [0.5, 0.6) is 5.88 Å². The highest BCUT2D eigenvalue weighted by Crippen LogP contribution is 2.37. The molecule has 0 aliphatic rings. The number of ether oxygens (including phenoxy) is 1. The van der Waals surface area contributed by atoms with E-state index < -0.39 is 29.1 Å². The Kier molecular flexibility index (Phi) is 8.80. The molecule has 0 bridgehead atoms. The fourth-order valence-electron chi connectivity index (χ4n) is 5.59. The molecule has 3 aromatic carbocycles. The molecule has 1 atom stereocenters. The fourth-order valence-corrected chi connectivity index (χ4v) is 6.16. The summed E-state index contributed by atoms with van der Waals surface area (Å²) in [7, 11) is 3.02. The third kappa shape index (κ3) is 5.85. The third-order valence-electron chi connectivity index (χ3n) is 7.51. The number of halogens is 4. The molecule has 0 aliphatic heterocycles. The molecule has 15 heteroatoms. The highest BCUT2D eigenvalue weighted by Gasteiger charge is 2.27. The molecule has 6 aromatic rings. The predicted octanol–water partition coefficient (Wildman–Crippen LogP) is 6.13.